The number of aliphatic hydroxyl groups excluding tert-OH is 1. The SMILES string of the molecule is C.C.CCO.CCOC=N/C(C#N)=C(\N)C#N.CN(C)C(=O)COc1ccc(CN)cn1.CN(C)C(=O)COc1ccc(Cn2cnc(C#N)c2N)cn1.Cl.FF.Nc1ccccc1. The van der Waals surface area contributed by atoms with E-state index < -0.39 is 0 Å². The summed E-state index contributed by atoms with van der Waals surface area (Å²) in [6.45, 7) is 5.00. The maximum absolute atomic E-state index is 11.4. The van der Waals surface area contributed by atoms with Gasteiger partial charge in [0, 0.05) is 80.7 Å². The lowest BCUT2D eigenvalue weighted by molar-refractivity contribution is -0.131. The number of carbonyl (C=O) groups is 2. The number of benzene rings is 1. The van der Waals surface area contributed by atoms with Crippen molar-refractivity contribution in [1.29, 1.82) is 15.8 Å². The van der Waals surface area contributed by atoms with Gasteiger partial charge in [-0.25, -0.2) is 19.9 Å². The zero-order valence-electron chi connectivity index (χ0n) is 35.2. The minimum absolute atomic E-state index is 0. The van der Waals surface area contributed by atoms with E-state index in [1.54, 1.807) is 83.3 Å². The van der Waals surface area contributed by atoms with Crippen LogP contribution in [0.4, 0.5) is 20.7 Å². The molecule has 23 heteroatoms. The second-order valence-electron chi connectivity index (χ2n) is 11.5. The van der Waals surface area contributed by atoms with E-state index in [0.29, 0.717) is 37.3 Å². The molecular formula is C41H61ClF2N14O6. The molecule has 0 spiro atoms. The van der Waals surface area contributed by atoms with E-state index in [1.807, 2.05) is 48.5 Å². The second kappa shape index (κ2) is 40.8. The van der Waals surface area contributed by atoms with Gasteiger partial charge in [0.25, 0.3) is 11.8 Å². The van der Waals surface area contributed by atoms with Gasteiger partial charge in [-0.15, -0.1) is 12.4 Å². The summed E-state index contributed by atoms with van der Waals surface area (Å²) >= 11 is 0. The van der Waals surface area contributed by atoms with Crippen molar-refractivity contribution >= 4 is 42.1 Å². The van der Waals surface area contributed by atoms with Crippen molar-refractivity contribution in [3.63, 3.8) is 0 Å². The van der Waals surface area contributed by atoms with Crippen molar-refractivity contribution in [3.8, 4) is 30.0 Å². The molecule has 3 heterocycles. The molecule has 64 heavy (non-hydrogen) atoms. The fourth-order valence-corrected chi connectivity index (χ4v) is 3.37. The van der Waals surface area contributed by atoms with Crippen molar-refractivity contribution in [1.82, 2.24) is 29.3 Å². The quantitative estimate of drug-likeness (QED) is 0.0572. The van der Waals surface area contributed by atoms with E-state index >= 15 is 0 Å². The summed E-state index contributed by atoms with van der Waals surface area (Å²) in [5.41, 5.74) is 24.2. The first kappa shape index (κ1) is 65.5. The first-order valence-electron chi connectivity index (χ1n) is 17.7. The molecule has 0 unspecified atom stereocenters. The van der Waals surface area contributed by atoms with Crippen molar-refractivity contribution in [3.05, 3.63) is 102 Å². The molecule has 0 fully saturated rings. The number of hydrogen-bond donors (Lipinski definition) is 5. The highest BCUT2D eigenvalue weighted by molar-refractivity contribution is 5.85. The minimum Gasteiger partial charge on any atom is -0.483 e. The summed E-state index contributed by atoms with van der Waals surface area (Å²) in [5.74, 6) is 0.887. The molecule has 352 valence electrons. The van der Waals surface area contributed by atoms with Crippen LogP contribution < -0.4 is 32.4 Å². The number of nitrogen functional groups attached to an aromatic ring is 2. The van der Waals surface area contributed by atoms with Gasteiger partial charge in [0.1, 0.15) is 29.7 Å². The van der Waals surface area contributed by atoms with Crippen LogP contribution >= 0.6 is 12.4 Å². The number of likely N-dealkylation sites (N-methyl/N-ethyl adjacent to an activating group) is 2. The third-order valence-corrected chi connectivity index (χ3v) is 6.56. The third kappa shape index (κ3) is 29.6. The normalized spacial score (nSPS) is 9.23. The van der Waals surface area contributed by atoms with Gasteiger partial charge in [-0.1, -0.05) is 45.2 Å². The van der Waals surface area contributed by atoms with Crippen molar-refractivity contribution in [2.24, 2.45) is 16.5 Å². The lowest BCUT2D eigenvalue weighted by atomic mass is 10.3. The molecule has 0 aliphatic heterocycles. The number of aliphatic imine (C=N–C) groups is 1. The lowest BCUT2D eigenvalue weighted by Crippen LogP contribution is -2.27. The number of pyridine rings is 2. The van der Waals surface area contributed by atoms with Crippen molar-refractivity contribution < 1.29 is 38.1 Å². The molecule has 4 rings (SSSR count). The monoisotopic (exact) mass is 918 g/mol. The first-order valence-corrected chi connectivity index (χ1v) is 17.7. The molecule has 3 aromatic heterocycles. The Kier molecular flexibility index (Phi) is 41.8. The predicted octanol–water partition coefficient (Wildman–Crippen LogP) is 4.33. The number of imidazole rings is 1. The molecule has 0 aliphatic rings. The minimum atomic E-state index is -0.214. The summed E-state index contributed by atoms with van der Waals surface area (Å²) in [7, 11) is 6.67. The van der Waals surface area contributed by atoms with E-state index in [9.17, 15) is 9.59 Å². The van der Waals surface area contributed by atoms with Crippen LogP contribution in [0.3, 0.4) is 0 Å². The zero-order chi connectivity index (χ0) is 46.6. The van der Waals surface area contributed by atoms with Crippen LogP contribution in [-0.4, -0.2) is 107 Å². The van der Waals surface area contributed by atoms with Gasteiger partial charge in [0.15, 0.2) is 31.0 Å². The average Bonchev–Trinajstić information content (AvgIpc) is 3.63. The Morgan fingerprint density at radius 3 is 1.66 bits per heavy atom. The Hall–Kier alpha value is -7.58. The Morgan fingerprint density at radius 2 is 1.33 bits per heavy atom. The molecular weight excluding hydrogens is 858 g/mol. The maximum Gasteiger partial charge on any atom is 0.260 e. The summed E-state index contributed by atoms with van der Waals surface area (Å²) < 4.78 is 32.9. The summed E-state index contributed by atoms with van der Waals surface area (Å²) in [4.78, 5) is 41.1. The molecule has 0 bridgehead atoms. The number of allylic oxidation sites excluding steroid dienone is 2. The molecule has 9 N–H and O–H groups in total. The zero-order valence-corrected chi connectivity index (χ0v) is 36.0. The number of nitrogens with two attached hydrogens (primary N) is 4. The standard InChI is InChI=1S/C14H16N6O2.C10H15N3O2.C7H8N4O.C6H7N.C2H6O.2CH4.ClH.F2/c1-19(2)13(21)8-22-12-4-3-10(6-17-12)7-20-9-18-11(5-15)14(20)16;1-13(2)10(14)7-15-9-4-3-8(5-11)6-12-9;1-2-12-5-11-7(4-9)6(10)3-8;7-6-4-2-1-3-5-6;1-2-3;;;;1-2/h3-4,6,9H,7-8,16H2,1-2H3;3-4,6H,5,7,11H2,1-2H3;5H,2,10H2,1H3;1-5H,7H2;3H,2H2,1H3;2*1H4;1H;/b;;7-6-,11-5?;;;;;;. The smallest absolute Gasteiger partial charge is 0.260 e. The van der Waals surface area contributed by atoms with Gasteiger partial charge in [0.05, 0.1) is 19.5 Å². The van der Waals surface area contributed by atoms with Crippen molar-refractivity contribution in [2.45, 2.75) is 41.8 Å². The molecule has 0 saturated heterocycles. The van der Waals surface area contributed by atoms with Crippen LogP contribution in [0, 0.1) is 34.0 Å². The average molecular weight is 919 g/mol. The van der Waals surface area contributed by atoms with Gasteiger partial charge < -0.3 is 56.6 Å². The van der Waals surface area contributed by atoms with Crippen molar-refractivity contribution in [2.75, 3.05) is 66.1 Å². The number of hydrogen-bond acceptors (Lipinski definition) is 17. The van der Waals surface area contributed by atoms with Crippen LogP contribution in [0.25, 0.3) is 0 Å². The highest BCUT2D eigenvalue weighted by Crippen LogP contribution is 2.14. The molecule has 0 saturated carbocycles. The number of rotatable bonds is 12. The van der Waals surface area contributed by atoms with E-state index in [1.165, 1.54) is 16.1 Å². The van der Waals surface area contributed by atoms with Gasteiger partial charge >= 0.3 is 0 Å². The largest absolute Gasteiger partial charge is 0.483 e. The molecule has 0 radical (unpaired) electrons. The summed E-state index contributed by atoms with van der Waals surface area (Å²) in [5, 5.41) is 33.1. The van der Waals surface area contributed by atoms with Gasteiger partial charge in [-0.05, 0) is 37.1 Å². The Bertz CT molecular complexity index is 2020. The Morgan fingerprint density at radius 1 is 0.844 bits per heavy atom. The van der Waals surface area contributed by atoms with E-state index in [0.717, 1.165) is 23.2 Å². The number of aliphatic hydroxyl groups is 1. The number of amides is 2. The van der Waals surface area contributed by atoms with Crippen LogP contribution in [0.1, 0.15) is 45.5 Å². The van der Waals surface area contributed by atoms with Gasteiger partial charge in [-0.3, -0.25) is 9.59 Å². The van der Waals surface area contributed by atoms with E-state index in [2.05, 4.69) is 19.9 Å². The fraction of sp³-hybridized carbons (Fsp3) is 0.341. The number of aromatic nitrogens is 4. The Balaban J connectivity index is -0.000000243. The van der Waals surface area contributed by atoms with Gasteiger partial charge in [-0.2, -0.15) is 15.8 Å². The molecule has 0 aliphatic carbocycles. The van der Waals surface area contributed by atoms with E-state index in [4.69, 9.17) is 67.2 Å². The molecule has 0 atom stereocenters. The van der Waals surface area contributed by atoms with Crippen LogP contribution in [-0.2, 0) is 27.4 Å². The number of nitriles is 3. The molecule has 20 nitrogen and oxygen atoms in total. The number of halogens is 3. The van der Waals surface area contributed by atoms with Crippen LogP contribution in [0.15, 0.2) is 89.7 Å². The summed E-state index contributed by atoms with van der Waals surface area (Å²) in [6, 6.07) is 21.7. The number of ether oxygens (including phenoxy) is 3. The third-order valence-electron chi connectivity index (χ3n) is 6.56. The highest BCUT2D eigenvalue weighted by atomic mass is 35.5. The van der Waals surface area contributed by atoms with Crippen LogP contribution in [0.2, 0.25) is 0 Å². The predicted molar refractivity (Wildman–Crippen MR) is 244 cm³/mol. The maximum atomic E-state index is 11.4. The number of para-hydroxylation sites is 1. The summed E-state index contributed by atoms with van der Waals surface area (Å²) in [6.07, 6.45) is 5.85. The number of carbonyl (C=O) groups excluding carboxylic acids is 2. The van der Waals surface area contributed by atoms with E-state index in [-0.39, 0.29) is 76.0 Å². The van der Waals surface area contributed by atoms with Crippen LogP contribution in [0.5, 0.6) is 11.8 Å². The van der Waals surface area contributed by atoms with Gasteiger partial charge in [0.2, 0.25) is 11.8 Å². The first-order chi connectivity index (χ1) is 29.2. The highest BCUT2D eigenvalue weighted by Gasteiger charge is 2.09. The fourth-order valence-electron chi connectivity index (χ4n) is 3.37. The lowest BCUT2D eigenvalue weighted by Gasteiger charge is -2.11. The number of nitrogens with zero attached hydrogens (tertiary/aromatic N) is 10. The molecule has 1 aromatic carbocycles. The molecule has 2 amide bonds. The molecule has 4 aromatic rings. The topological polar surface area (TPSA) is 320 Å². The number of anilines is 2. The Labute approximate surface area is 380 Å². The second-order valence-corrected chi connectivity index (χ2v) is 11.5.